The van der Waals surface area contributed by atoms with E-state index in [1.165, 1.54) is 11.1 Å². The number of nitrogens with zero attached hydrogens (tertiary/aromatic N) is 3. The molecule has 4 nitrogen and oxygen atoms in total. The van der Waals surface area contributed by atoms with Gasteiger partial charge in [-0.1, -0.05) is 38.1 Å². The van der Waals surface area contributed by atoms with Crippen molar-refractivity contribution in [3.8, 4) is 0 Å². The first-order valence-electron chi connectivity index (χ1n) is 6.80. The average molecular weight is 258 g/mol. The van der Waals surface area contributed by atoms with Crippen LogP contribution in [0.2, 0.25) is 0 Å². The lowest BCUT2D eigenvalue weighted by Crippen LogP contribution is -2.30. The van der Waals surface area contributed by atoms with Gasteiger partial charge >= 0.3 is 0 Å². The molecule has 0 aliphatic rings. The molecule has 1 aromatic carbocycles. The van der Waals surface area contributed by atoms with Crippen LogP contribution in [-0.4, -0.2) is 20.8 Å². The van der Waals surface area contributed by atoms with Gasteiger partial charge in [0.2, 0.25) is 0 Å². The predicted octanol–water partition coefficient (Wildman–Crippen LogP) is 2.58. The Labute approximate surface area is 114 Å². The molecule has 0 fully saturated rings. The fourth-order valence-electron chi connectivity index (χ4n) is 1.98. The average Bonchev–Trinajstić information content (AvgIpc) is 2.89. The van der Waals surface area contributed by atoms with Crippen molar-refractivity contribution >= 4 is 0 Å². The molecule has 1 atom stereocenters. The summed E-state index contributed by atoms with van der Waals surface area (Å²) in [7, 11) is 0. The zero-order valence-electron chi connectivity index (χ0n) is 11.9. The number of benzene rings is 1. The number of aromatic nitrogens is 3. The highest BCUT2D eigenvalue weighted by atomic mass is 15.3. The smallest absolute Gasteiger partial charge is 0.137 e. The predicted molar refractivity (Wildman–Crippen MR) is 76.9 cm³/mol. The van der Waals surface area contributed by atoms with Crippen LogP contribution < -0.4 is 5.32 Å². The molecule has 1 aromatic heterocycles. The third-order valence-corrected chi connectivity index (χ3v) is 3.23. The summed E-state index contributed by atoms with van der Waals surface area (Å²) >= 11 is 0. The van der Waals surface area contributed by atoms with E-state index >= 15 is 0 Å². The van der Waals surface area contributed by atoms with Gasteiger partial charge < -0.3 is 5.32 Å². The summed E-state index contributed by atoms with van der Waals surface area (Å²) < 4.78 is 1.85. The Balaban J connectivity index is 1.81. The van der Waals surface area contributed by atoms with Crippen LogP contribution in [-0.2, 0) is 13.1 Å². The Morgan fingerprint density at radius 1 is 1.16 bits per heavy atom. The Morgan fingerprint density at radius 3 is 2.47 bits per heavy atom. The Morgan fingerprint density at radius 2 is 1.89 bits per heavy atom. The molecule has 0 aliphatic heterocycles. The molecule has 0 radical (unpaired) electrons. The maximum Gasteiger partial charge on any atom is 0.137 e. The van der Waals surface area contributed by atoms with Crippen LogP contribution in [0.5, 0.6) is 0 Å². The van der Waals surface area contributed by atoms with Crippen molar-refractivity contribution in [2.75, 3.05) is 0 Å². The summed E-state index contributed by atoms with van der Waals surface area (Å²) in [6.45, 7) is 8.31. The number of rotatable bonds is 6. The molecule has 102 valence electrons. The monoisotopic (exact) mass is 258 g/mol. The molecule has 1 heterocycles. The lowest BCUT2D eigenvalue weighted by molar-refractivity contribution is 0.450. The summed E-state index contributed by atoms with van der Waals surface area (Å²) in [6, 6.07) is 9.19. The Bertz CT molecular complexity index is 473. The maximum atomic E-state index is 4.11. The molecule has 0 spiro atoms. The molecule has 0 amide bonds. The summed E-state index contributed by atoms with van der Waals surface area (Å²) in [5, 5.41) is 7.61. The normalized spacial score (nSPS) is 12.8. The fraction of sp³-hybridized carbons (Fsp3) is 0.467. The van der Waals surface area contributed by atoms with E-state index < -0.39 is 0 Å². The van der Waals surface area contributed by atoms with Crippen molar-refractivity contribution in [1.82, 2.24) is 20.1 Å². The molecule has 4 heteroatoms. The molecule has 2 rings (SSSR count). The molecule has 2 aromatic rings. The van der Waals surface area contributed by atoms with E-state index in [0.717, 1.165) is 13.1 Å². The van der Waals surface area contributed by atoms with Crippen LogP contribution in [0.25, 0.3) is 0 Å². The highest BCUT2D eigenvalue weighted by Gasteiger charge is 2.04. The quantitative estimate of drug-likeness (QED) is 0.866. The van der Waals surface area contributed by atoms with E-state index in [9.17, 15) is 0 Å². The number of nitrogens with one attached hydrogen (secondary N) is 1. The maximum absolute atomic E-state index is 4.11. The standard InChI is InChI=1S/C15H22N4/c1-12(2)15-6-4-14(5-7-15)8-17-13(3)9-19-11-16-10-18-19/h4-7,10-13,17H,8-9H2,1-3H3. The van der Waals surface area contributed by atoms with Crippen molar-refractivity contribution in [3.63, 3.8) is 0 Å². The third-order valence-electron chi connectivity index (χ3n) is 3.23. The van der Waals surface area contributed by atoms with Gasteiger partial charge in [0.25, 0.3) is 0 Å². The third kappa shape index (κ3) is 4.17. The molecule has 19 heavy (non-hydrogen) atoms. The molecular formula is C15H22N4. The Kier molecular flexibility index (Phi) is 4.68. The van der Waals surface area contributed by atoms with E-state index in [2.05, 4.69) is 60.4 Å². The van der Waals surface area contributed by atoms with Crippen molar-refractivity contribution in [2.24, 2.45) is 0 Å². The zero-order chi connectivity index (χ0) is 13.7. The molecular weight excluding hydrogens is 236 g/mol. The van der Waals surface area contributed by atoms with Crippen LogP contribution in [0, 0.1) is 0 Å². The molecule has 1 N–H and O–H groups in total. The first-order chi connectivity index (χ1) is 9.15. The summed E-state index contributed by atoms with van der Waals surface area (Å²) in [4.78, 5) is 3.94. The summed E-state index contributed by atoms with van der Waals surface area (Å²) in [6.07, 6.45) is 3.31. The van der Waals surface area contributed by atoms with Crippen LogP contribution in [0.4, 0.5) is 0 Å². The second-order valence-electron chi connectivity index (χ2n) is 5.30. The second kappa shape index (κ2) is 6.48. The van der Waals surface area contributed by atoms with Crippen molar-refractivity contribution in [2.45, 2.75) is 45.8 Å². The van der Waals surface area contributed by atoms with Crippen LogP contribution >= 0.6 is 0 Å². The molecule has 0 saturated carbocycles. The highest BCUT2D eigenvalue weighted by Crippen LogP contribution is 2.14. The molecule has 0 aliphatic carbocycles. The topological polar surface area (TPSA) is 42.7 Å². The largest absolute Gasteiger partial charge is 0.308 e. The van der Waals surface area contributed by atoms with Gasteiger partial charge in [-0.2, -0.15) is 5.10 Å². The first kappa shape index (κ1) is 13.7. The first-order valence-corrected chi connectivity index (χ1v) is 6.80. The molecule has 0 saturated heterocycles. The van der Waals surface area contributed by atoms with Gasteiger partial charge in [-0.3, -0.25) is 4.68 Å². The van der Waals surface area contributed by atoms with E-state index in [1.807, 2.05) is 4.68 Å². The molecule has 1 unspecified atom stereocenters. The lowest BCUT2D eigenvalue weighted by Gasteiger charge is -2.14. The van der Waals surface area contributed by atoms with E-state index in [1.54, 1.807) is 12.7 Å². The van der Waals surface area contributed by atoms with E-state index in [4.69, 9.17) is 0 Å². The lowest BCUT2D eigenvalue weighted by atomic mass is 10.0. The molecule has 0 bridgehead atoms. The van der Waals surface area contributed by atoms with Gasteiger partial charge in [0.05, 0.1) is 6.54 Å². The van der Waals surface area contributed by atoms with Crippen LogP contribution in [0.1, 0.15) is 37.8 Å². The SMILES string of the molecule is CC(Cn1cncn1)NCc1ccc(C(C)C)cc1. The minimum Gasteiger partial charge on any atom is -0.308 e. The van der Waals surface area contributed by atoms with Gasteiger partial charge in [0, 0.05) is 12.6 Å². The second-order valence-corrected chi connectivity index (χ2v) is 5.30. The van der Waals surface area contributed by atoms with Crippen LogP contribution in [0.15, 0.2) is 36.9 Å². The van der Waals surface area contributed by atoms with Gasteiger partial charge in [-0.25, -0.2) is 4.98 Å². The minimum absolute atomic E-state index is 0.367. The number of hydrogen-bond acceptors (Lipinski definition) is 3. The van der Waals surface area contributed by atoms with Gasteiger partial charge in [-0.05, 0) is 24.0 Å². The summed E-state index contributed by atoms with van der Waals surface area (Å²) in [5.74, 6) is 0.591. The van der Waals surface area contributed by atoms with Gasteiger partial charge in [0.15, 0.2) is 0 Å². The van der Waals surface area contributed by atoms with Gasteiger partial charge in [0.1, 0.15) is 12.7 Å². The fourth-order valence-corrected chi connectivity index (χ4v) is 1.98. The van der Waals surface area contributed by atoms with E-state index in [-0.39, 0.29) is 0 Å². The van der Waals surface area contributed by atoms with Crippen LogP contribution in [0.3, 0.4) is 0 Å². The van der Waals surface area contributed by atoms with E-state index in [0.29, 0.717) is 12.0 Å². The van der Waals surface area contributed by atoms with Crippen molar-refractivity contribution in [3.05, 3.63) is 48.0 Å². The van der Waals surface area contributed by atoms with Crippen molar-refractivity contribution in [1.29, 1.82) is 0 Å². The number of hydrogen-bond donors (Lipinski definition) is 1. The van der Waals surface area contributed by atoms with Gasteiger partial charge in [-0.15, -0.1) is 0 Å². The van der Waals surface area contributed by atoms with Crippen molar-refractivity contribution < 1.29 is 0 Å². The minimum atomic E-state index is 0.367. The zero-order valence-corrected chi connectivity index (χ0v) is 11.9. The Hall–Kier alpha value is -1.68. The highest BCUT2D eigenvalue weighted by molar-refractivity contribution is 5.24. The summed E-state index contributed by atoms with van der Waals surface area (Å²) in [5.41, 5.74) is 2.70.